The molecule has 58 heavy (non-hydrogen) atoms. The molecule has 6 bridgehead atoms. The summed E-state index contributed by atoms with van der Waals surface area (Å²) in [5.74, 6) is 1.19. The van der Waals surface area contributed by atoms with E-state index in [1.165, 1.54) is 24.3 Å². The van der Waals surface area contributed by atoms with E-state index in [9.17, 15) is 26.3 Å². The van der Waals surface area contributed by atoms with Gasteiger partial charge in [0.15, 0.2) is 0 Å². The van der Waals surface area contributed by atoms with Crippen molar-refractivity contribution in [3.05, 3.63) is 166 Å². The van der Waals surface area contributed by atoms with Crippen molar-refractivity contribution in [3.8, 4) is 22.3 Å². The molecule has 4 aliphatic heterocycles. The predicted octanol–water partition coefficient (Wildman–Crippen LogP) is 9.38. The first-order chi connectivity index (χ1) is 27.9. The number of nitrogens with zero attached hydrogens (tertiary/aromatic N) is 8. The molecule has 6 heterocycles. The van der Waals surface area contributed by atoms with Crippen LogP contribution in [0.2, 0.25) is 0 Å². The van der Waals surface area contributed by atoms with Gasteiger partial charge < -0.3 is 0 Å². The number of hydrogen-bond acceptors (Lipinski definition) is 6. The summed E-state index contributed by atoms with van der Waals surface area (Å²) in [6.45, 7) is 0. The van der Waals surface area contributed by atoms with Gasteiger partial charge in [0.05, 0.1) is 0 Å². The molecule has 0 spiro atoms. The van der Waals surface area contributed by atoms with Crippen molar-refractivity contribution >= 4 is 75.2 Å². The van der Waals surface area contributed by atoms with E-state index >= 15 is 0 Å². The van der Waals surface area contributed by atoms with Crippen LogP contribution in [0.4, 0.5) is 38.0 Å². The zero-order valence-corrected chi connectivity index (χ0v) is 33.4. The fraction of sp³-hybridized carbons (Fsp3) is 0.0476. The molecule has 280 valence electrons. The minimum absolute atomic E-state index is 0.0304. The van der Waals surface area contributed by atoms with Crippen molar-refractivity contribution in [2.45, 2.75) is 12.4 Å². The Bertz CT molecular complexity index is 3040. The van der Waals surface area contributed by atoms with Crippen molar-refractivity contribution in [2.75, 3.05) is 0 Å². The molecular formula is C42H20ClF6InN8. The van der Waals surface area contributed by atoms with Gasteiger partial charge in [0.2, 0.25) is 0 Å². The molecule has 0 aliphatic carbocycles. The molecule has 0 saturated carbocycles. The number of rotatable bonds is 2. The van der Waals surface area contributed by atoms with E-state index in [1.807, 2.05) is 63.2 Å². The van der Waals surface area contributed by atoms with E-state index in [2.05, 4.69) is 0 Å². The standard InChI is InChI=1S/C42H20F6N8.ClH.In/c43-41(44,45)23-11-7-9-21(19-23)31-32(22-10-8-12-24(20-22)42(46,47)48)40-55-38-30-18-6-4-16-28(30)36(53-38)51-34-26-14-2-1-13-25(26)33(49-34)50-35-27-15-3-5-17-29(27)37(52-35)54-39(31)56-40;;/h1-20H;1H;/q-2;;+3/p-1. The Balaban J connectivity index is 1.41. The third-order valence-electron chi connectivity index (χ3n) is 10.5. The summed E-state index contributed by atoms with van der Waals surface area (Å²) >= 11 is -4.48. The van der Waals surface area contributed by atoms with Crippen LogP contribution in [0.1, 0.15) is 33.4 Å². The first kappa shape index (κ1) is 35.1. The molecule has 0 radical (unpaired) electrons. The number of alkyl halides is 6. The molecule has 0 saturated heterocycles. The van der Waals surface area contributed by atoms with Crippen LogP contribution in [0.5, 0.6) is 0 Å². The van der Waals surface area contributed by atoms with Gasteiger partial charge in [-0.05, 0) is 0 Å². The van der Waals surface area contributed by atoms with E-state index in [-0.39, 0.29) is 45.6 Å². The van der Waals surface area contributed by atoms with Crippen molar-refractivity contribution < 1.29 is 26.3 Å². The van der Waals surface area contributed by atoms with Crippen LogP contribution in [-0.4, -0.2) is 49.3 Å². The number of benzene rings is 5. The second-order valence-corrected chi connectivity index (χ2v) is 21.2. The molecule has 0 amide bonds. The summed E-state index contributed by atoms with van der Waals surface area (Å²) in [5.41, 5.74) is 1.67. The summed E-state index contributed by atoms with van der Waals surface area (Å²) in [6, 6.07) is 31.3. The van der Waals surface area contributed by atoms with Gasteiger partial charge in [-0.3, -0.25) is 0 Å². The maximum atomic E-state index is 14.5. The number of aromatic nitrogens is 2. The van der Waals surface area contributed by atoms with E-state index in [1.54, 1.807) is 14.7 Å². The second kappa shape index (κ2) is 12.5. The fourth-order valence-electron chi connectivity index (χ4n) is 7.94. The van der Waals surface area contributed by atoms with Crippen LogP contribution in [-0.2, 0) is 12.4 Å². The number of amidine groups is 4. The number of halogens is 7. The molecular weight excluding hydrogens is 881 g/mol. The molecule has 0 atom stereocenters. The normalized spacial score (nSPS) is 15.1. The molecule has 11 rings (SSSR count). The van der Waals surface area contributed by atoms with Gasteiger partial charge >= 0.3 is 337 Å². The molecule has 4 aliphatic rings. The first-order valence-corrected chi connectivity index (χ1v) is 24.9. The van der Waals surface area contributed by atoms with Gasteiger partial charge in [0.25, 0.3) is 0 Å². The van der Waals surface area contributed by atoms with Crippen molar-refractivity contribution in [3.63, 3.8) is 0 Å². The topological polar surface area (TPSA) is 84.0 Å². The van der Waals surface area contributed by atoms with E-state index in [0.29, 0.717) is 55.7 Å². The average Bonchev–Trinajstić information content (AvgIpc) is 3.93. The Hall–Kier alpha value is -6.06. The zero-order valence-electron chi connectivity index (χ0n) is 29.3. The second-order valence-electron chi connectivity index (χ2n) is 13.9. The third kappa shape index (κ3) is 5.25. The van der Waals surface area contributed by atoms with E-state index in [4.69, 9.17) is 38.5 Å². The zero-order chi connectivity index (χ0) is 39.7. The van der Waals surface area contributed by atoms with Gasteiger partial charge in [0.1, 0.15) is 0 Å². The maximum absolute atomic E-state index is 14.5. The number of hydrogen-bond donors (Lipinski definition) is 0. The molecule has 0 unspecified atom stereocenters. The van der Waals surface area contributed by atoms with Crippen LogP contribution >= 0.6 is 8.58 Å². The quantitative estimate of drug-likeness (QED) is 0.155. The monoisotopic (exact) mass is 900 g/mol. The number of fused-ring (bicyclic) bond motifs is 11. The van der Waals surface area contributed by atoms with Crippen molar-refractivity contribution in [1.82, 2.24) is 5.11 Å². The number of aliphatic imine (C=N–C) groups is 4. The third-order valence-corrected chi connectivity index (χ3v) is 18.3. The predicted molar refractivity (Wildman–Crippen MR) is 210 cm³/mol. The Kier molecular flexibility index (Phi) is 7.55. The van der Waals surface area contributed by atoms with Crippen molar-refractivity contribution in [2.24, 2.45) is 30.0 Å². The van der Waals surface area contributed by atoms with E-state index in [0.717, 1.165) is 24.3 Å². The molecule has 0 N–H and O–H groups in total. The van der Waals surface area contributed by atoms with Gasteiger partial charge in [0, 0.05) is 0 Å². The summed E-state index contributed by atoms with van der Waals surface area (Å²) in [7, 11) is 7.96. The van der Waals surface area contributed by atoms with Gasteiger partial charge in [-0.2, -0.15) is 0 Å². The minimum atomic E-state index is -4.75. The van der Waals surface area contributed by atoms with Crippen LogP contribution in [0.3, 0.4) is 0 Å². The average molecular weight is 901 g/mol. The summed E-state index contributed by atoms with van der Waals surface area (Å²) < 4.78 is 90.5. The summed E-state index contributed by atoms with van der Waals surface area (Å²) in [6.07, 6.45) is -9.50. The first-order valence-electron chi connectivity index (χ1n) is 17.8. The molecule has 8 nitrogen and oxygen atoms in total. The molecule has 5 aromatic carbocycles. The molecule has 2 aromatic heterocycles. The Morgan fingerprint density at radius 3 is 1.21 bits per heavy atom. The molecule has 0 fully saturated rings. The van der Waals surface area contributed by atoms with Crippen molar-refractivity contribution in [1.29, 1.82) is 0 Å². The fourth-order valence-corrected chi connectivity index (χ4v) is 15.6. The SMILES string of the molecule is FC(F)(F)c1cccc(-c2c(-c3cccc(C(F)(F)F)c3)c3[n]4c2N=C2N=C(N=c5c6ccccc6c([n]5[In]4[Cl])=NC4=NC(=N3)c3ccccc34)c3ccccc32)c1. The Morgan fingerprint density at radius 1 is 0.431 bits per heavy atom. The summed E-state index contributed by atoms with van der Waals surface area (Å²) in [5, 5.41) is 1.40. The molecule has 16 heteroatoms. The van der Waals surface area contributed by atoms with E-state index < -0.39 is 44.3 Å². The van der Waals surface area contributed by atoms with Gasteiger partial charge in [-0.1, -0.05) is 0 Å². The Morgan fingerprint density at radius 2 is 0.810 bits per heavy atom. The Labute approximate surface area is 335 Å². The van der Waals surface area contributed by atoms with Crippen LogP contribution < -0.4 is 11.0 Å². The van der Waals surface area contributed by atoms with Gasteiger partial charge in [-0.25, -0.2) is 0 Å². The van der Waals surface area contributed by atoms with Crippen LogP contribution in [0.15, 0.2) is 151 Å². The van der Waals surface area contributed by atoms with Crippen LogP contribution in [0, 0.1) is 0 Å². The van der Waals surface area contributed by atoms with Gasteiger partial charge in [-0.15, -0.1) is 0 Å². The summed E-state index contributed by atoms with van der Waals surface area (Å²) in [4.78, 5) is 30.4. The van der Waals surface area contributed by atoms with Crippen LogP contribution in [0.25, 0.3) is 33.0 Å². The molecule has 7 aromatic rings.